The molecule has 9 heteroatoms. The molecule has 0 spiro atoms. The van der Waals surface area contributed by atoms with Crippen molar-refractivity contribution < 1.29 is 4.79 Å². The smallest absolute Gasteiger partial charge is 0.228 e. The van der Waals surface area contributed by atoms with Crippen molar-refractivity contribution in [2.24, 2.45) is 18.1 Å². The van der Waals surface area contributed by atoms with Gasteiger partial charge >= 0.3 is 0 Å². The van der Waals surface area contributed by atoms with E-state index in [2.05, 4.69) is 25.1 Å². The maximum Gasteiger partial charge on any atom is 0.228 e. The summed E-state index contributed by atoms with van der Waals surface area (Å²) in [6.45, 7) is 0.818. The molecular formula is C11H12N8O. The molecule has 2 aromatic rings. The lowest BCUT2D eigenvalue weighted by Gasteiger charge is -2.15. The zero-order chi connectivity index (χ0) is 14.1. The minimum absolute atomic E-state index is 0.0213. The monoisotopic (exact) mass is 272 g/mol. The Hall–Kier alpha value is -2.67. The predicted octanol–water partition coefficient (Wildman–Crippen LogP) is 1.03. The topological polar surface area (TPSA) is 113 Å². The number of nitrogens with zero attached hydrogens (tertiary/aromatic N) is 8. The largest absolute Gasteiger partial charge is 0.296 e. The van der Waals surface area contributed by atoms with Crippen LogP contribution in [0.4, 0.5) is 5.82 Å². The van der Waals surface area contributed by atoms with Crippen molar-refractivity contribution in [3.63, 3.8) is 0 Å². The molecule has 9 nitrogen and oxygen atoms in total. The number of carbonyl (C=O) groups is 1. The van der Waals surface area contributed by atoms with Crippen LogP contribution in [0.15, 0.2) is 17.6 Å². The van der Waals surface area contributed by atoms with Gasteiger partial charge in [0.1, 0.15) is 12.1 Å². The molecule has 1 amide bonds. The molecule has 3 heterocycles. The van der Waals surface area contributed by atoms with Crippen LogP contribution in [0.5, 0.6) is 0 Å². The van der Waals surface area contributed by atoms with Crippen molar-refractivity contribution in [1.29, 1.82) is 0 Å². The van der Waals surface area contributed by atoms with Crippen LogP contribution in [0.2, 0.25) is 0 Å². The Kier molecular flexibility index (Phi) is 2.96. The maximum absolute atomic E-state index is 12.1. The van der Waals surface area contributed by atoms with Crippen molar-refractivity contribution in [3.05, 3.63) is 23.0 Å². The summed E-state index contributed by atoms with van der Waals surface area (Å²) in [5.74, 6) is 0.573. The van der Waals surface area contributed by atoms with Gasteiger partial charge in [-0.3, -0.25) is 14.4 Å². The van der Waals surface area contributed by atoms with Crippen LogP contribution in [-0.4, -0.2) is 38.7 Å². The Bertz CT molecular complexity index is 716. The van der Waals surface area contributed by atoms with Gasteiger partial charge in [-0.25, -0.2) is 9.97 Å². The van der Waals surface area contributed by atoms with Gasteiger partial charge in [0.15, 0.2) is 5.65 Å². The lowest BCUT2D eigenvalue weighted by atomic mass is 10.1. The van der Waals surface area contributed by atoms with Gasteiger partial charge in [0.2, 0.25) is 5.91 Å². The third-order valence-corrected chi connectivity index (χ3v) is 3.37. The van der Waals surface area contributed by atoms with Gasteiger partial charge in [0.25, 0.3) is 0 Å². The van der Waals surface area contributed by atoms with Gasteiger partial charge < -0.3 is 0 Å². The van der Waals surface area contributed by atoms with E-state index in [0.717, 1.165) is 5.39 Å². The van der Waals surface area contributed by atoms with E-state index in [0.29, 0.717) is 31.0 Å². The van der Waals surface area contributed by atoms with E-state index in [1.165, 1.54) is 6.33 Å². The Labute approximate surface area is 113 Å². The minimum Gasteiger partial charge on any atom is -0.296 e. The molecule has 0 radical (unpaired) electrons. The molecular weight excluding hydrogens is 260 g/mol. The number of rotatable bonds is 3. The highest BCUT2D eigenvalue weighted by Crippen LogP contribution is 2.28. The van der Waals surface area contributed by atoms with E-state index in [-0.39, 0.29) is 11.8 Å². The number of fused-ring (bicyclic) bond motifs is 1. The molecule has 0 aromatic carbocycles. The number of amides is 1. The summed E-state index contributed by atoms with van der Waals surface area (Å²) >= 11 is 0. The number of hydrogen-bond acceptors (Lipinski definition) is 5. The van der Waals surface area contributed by atoms with Gasteiger partial charge in [-0.05, 0) is 11.4 Å². The Morgan fingerprint density at radius 2 is 2.40 bits per heavy atom. The average Bonchev–Trinajstić information content (AvgIpc) is 3.00. The van der Waals surface area contributed by atoms with Crippen molar-refractivity contribution in [2.45, 2.75) is 6.42 Å². The first-order valence-electron chi connectivity index (χ1n) is 6.14. The number of hydrogen-bond donors (Lipinski definition) is 0. The van der Waals surface area contributed by atoms with Gasteiger partial charge in [-0.15, -0.1) is 0 Å². The van der Waals surface area contributed by atoms with E-state index in [4.69, 9.17) is 5.53 Å². The van der Waals surface area contributed by atoms with Gasteiger partial charge in [0, 0.05) is 31.5 Å². The molecule has 2 aromatic heterocycles. The Morgan fingerprint density at radius 1 is 1.55 bits per heavy atom. The molecule has 0 bridgehead atoms. The molecule has 1 atom stereocenters. The zero-order valence-electron chi connectivity index (χ0n) is 10.8. The molecule has 0 N–H and O–H groups in total. The Balaban J connectivity index is 1.95. The van der Waals surface area contributed by atoms with Crippen LogP contribution in [0.3, 0.4) is 0 Å². The summed E-state index contributed by atoms with van der Waals surface area (Å²) < 4.78 is 1.64. The number of azide groups is 1. The SMILES string of the molecule is Cn1ncc2c(N3CC(CN=[N+]=[N-])CC3=O)ncnc21. The molecule has 0 saturated carbocycles. The standard InChI is InChI=1S/C11H12N8O/c1-18-10-8(4-16-18)11(14-6-13-10)19-5-7(2-9(19)20)3-15-17-12/h4,6-7H,2-3,5H2,1H3. The number of aryl methyl sites for hydroxylation is 1. The highest BCUT2D eigenvalue weighted by molar-refractivity contribution is 6.01. The third-order valence-electron chi connectivity index (χ3n) is 3.37. The highest BCUT2D eigenvalue weighted by atomic mass is 16.2. The lowest BCUT2D eigenvalue weighted by Crippen LogP contribution is -2.26. The first-order valence-corrected chi connectivity index (χ1v) is 6.14. The van der Waals surface area contributed by atoms with Gasteiger partial charge in [-0.1, -0.05) is 5.11 Å². The van der Waals surface area contributed by atoms with Crippen molar-refractivity contribution >= 4 is 22.8 Å². The first-order chi connectivity index (χ1) is 9.70. The first kappa shape index (κ1) is 12.4. The van der Waals surface area contributed by atoms with Crippen LogP contribution in [0.1, 0.15) is 6.42 Å². The molecule has 0 aliphatic carbocycles. The number of carbonyl (C=O) groups excluding carboxylic acids is 1. The second-order valence-corrected chi connectivity index (χ2v) is 4.69. The predicted molar refractivity (Wildman–Crippen MR) is 70.8 cm³/mol. The van der Waals surface area contributed by atoms with E-state index in [1.807, 2.05) is 0 Å². The number of aromatic nitrogens is 4. The van der Waals surface area contributed by atoms with Gasteiger partial charge in [0.05, 0.1) is 11.6 Å². The molecule has 1 aliphatic heterocycles. The fraction of sp³-hybridized carbons (Fsp3) is 0.455. The normalized spacial score (nSPS) is 18.6. The molecule has 1 unspecified atom stereocenters. The highest BCUT2D eigenvalue weighted by Gasteiger charge is 2.32. The summed E-state index contributed by atoms with van der Waals surface area (Å²) in [5.41, 5.74) is 9.03. The van der Waals surface area contributed by atoms with Crippen LogP contribution in [-0.2, 0) is 11.8 Å². The average molecular weight is 272 g/mol. The van der Waals surface area contributed by atoms with Crippen molar-refractivity contribution in [2.75, 3.05) is 18.0 Å². The van der Waals surface area contributed by atoms with Crippen molar-refractivity contribution in [1.82, 2.24) is 19.7 Å². The van der Waals surface area contributed by atoms with Crippen LogP contribution in [0, 0.1) is 5.92 Å². The molecule has 1 aliphatic rings. The lowest BCUT2D eigenvalue weighted by molar-refractivity contribution is -0.117. The fourth-order valence-corrected chi connectivity index (χ4v) is 2.43. The minimum atomic E-state index is -0.0213. The van der Waals surface area contributed by atoms with E-state index < -0.39 is 0 Å². The maximum atomic E-state index is 12.1. The summed E-state index contributed by atoms with van der Waals surface area (Å²) in [6.07, 6.45) is 3.44. The van der Waals surface area contributed by atoms with Crippen LogP contribution < -0.4 is 4.90 Å². The third kappa shape index (κ3) is 1.94. The van der Waals surface area contributed by atoms with E-state index in [9.17, 15) is 4.79 Å². The van der Waals surface area contributed by atoms with E-state index in [1.54, 1.807) is 22.8 Å². The molecule has 20 heavy (non-hydrogen) atoms. The second-order valence-electron chi connectivity index (χ2n) is 4.69. The molecule has 3 rings (SSSR count). The second kappa shape index (κ2) is 4.78. The van der Waals surface area contributed by atoms with Crippen LogP contribution >= 0.6 is 0 Å². The summed E-state index contributed by atoms with van der Waals surface area (Å²) in [6, 6.07) is 0. The van der Waals surface area contributed by atoms with Gasteiger partial charge in [-0.2, -0.15) is 5.10 Å². The molecule has 1 saturated heterocycles. The summed E-state index contributed by atoms with van der Waals surface area (Å²) in [5, 5.41) is 8.41. The quantitative estimate of drug-likeness (QED) is 0.471. The summed E-state index contributed by atoms with van der Waals surface area (Å²) in [7, 11) is 1.79. The molecule has 1 fully saturated rings. The molecule has 102 valence electrons. The van der Waals surface area contributed by atoms with E-state index >= 15 is 0 Å². The summed E-state index contributed by atoms with van der Waals surface area (Å²) in [4.78, 5) is 24.8. The Morgan fingerprint density at radius 3 is 3.20 bits per heavy atom. The fourth-order valence-electron chi connectivity index (χ4n) is 2.43. The zero-order valence-corrected chi connectivity index (χ0v) is 10.8. The number of anilines is 1. The van der Waals surface area contributed by atoms with Crippen LogP contribution in [0.25, 0.3) is 21.5 Å². The van der Waals surface area contributed by atoms with Crippen molar-refractivity contribution in [3.8, 4) is 0 Å².